The lowest BCUT2D eigenvalue weighted by Crippen LogP contribution is -2.00. The largest absolute Gasteiger partial charge is 0.346 e. The molecule has 0 bridgehead atoms. The van der Waals surface area contributed by atoms with Gasteiger partial charge in [0, 0.05) is 36.3 Å². The van der Waals surface area contributed by atoms with E-state index in [0.29, 0.717) is 6.42 Å². The molecule has 28 heavy (non-hydrogen) atoms. The minimum absolute atomic E-state index is 0.708. The average Bonchev–Trinajstić information content (AvgIpc) is 3.27. The van der Waals surface area contributed by atoms with E-state index in [1.54, 1.807) is 0 Å². The van der Waals surface area contributed by atoms with Gasteiger partial charge in [-0.05, 0) is 33.3 Å². The number of nitrogens with zero attached hydrogens (tertiary/aromatic N) is 3. The van der Waals surface area contributed by atoms with Crippen LogP contribution in [0, 0.1) is 27.7 Å². The van der Waals surface area contributed by atoms with E-state index in [1.807, 2.05) is 19.9 Å². The van der Waals surface area contributed by atoms with E-state index in [-0.39, 0.29) is 0 Å². The number of H-pyrrole nitrogens is 3. The molecule has 0 saturated carbocycles. The Morgan fingerprint density at radius 3 is 2.00 bits per heavy atom. The molecule has 0 aliphatic carbocycles. The number of aromatic amines is 3. The predicted octanol–water partition coefficient (Wildman–Crippen LogP) is 3.86. The van der Waals surface area contributed by atoms with Crippen LogP contribution in [0.4, 0.5) is 0 Å². The number of rotatable bonds is 6. The number of hydrogen-bond acceptors (Lipinski definition) is 3. The number of nitrogens with one attached hydrogen (secondary N) is 3. The van der Waals surface area contributed by atoms with Crippen LogP contribution in [-0.2, 0) is 19.3 Å². The summed E-state index contributed by atoms with van der Waals surface area (Å²) in [5, 5.41) is 0. The molecule has 4 rings (SSSR count). The molecule has 0 spiro atoms. The van der Waals surface area contributed by atoms with Crippen molar-refractivity contribution in [2.45, 2.75) is 47.0 Å². The molecule has 3 aromatic heterocycles. The van der Waals surface area contributed by atoms with E-state index in [1.165, 1.54) is 5.56 Å². The van der Waals surface area contributed by atoms with Crippen LogP contribution in [0.3, 0.4) is 0 Å². The first-order valence-corrected chi connectivity index (χ1v) is 9.62. The second-order valence-corrected chi connectivity index (χ2v) is 7.41. The van der Waals surface area contributed by atoms with Crippen molar-refractivity contribution in [1.29, 1.82) is 0 Å². The van der Waals surface area contributed by atoms with Gasteiger partial charge in [-0.25, -0.2) is 15.0 Å². The van der Waals surface area contributed by atoms with Crippen LogP contribution in [0.1, 0.15) is 57.2 Å². The summed E-state index contributed by atoms with van der Waals surface area (Å²) >= 11 is 0. The van der Waals surface area contributed by atoms with E-state index < -0.39 is 0 Å². The van der Waals surface area contributed by atoms with Crippen molar-refractivity contribution in [2.75, 3.05) is 0 Å². The van der Waals surface area contributed by atoms with Crippen molar-refractivity contribution >= 4 is 0 Å². The topological polar surface area (TPSA) is 86.0 Å². The highest BCUT2D eigenvalue weighted by Gasteiger charge is 2.16. The first-order valence-electron chi connectivity index (χ1n) is 9.62. The van der Waals surface area contributed by atoms with Gasteiger partial charge in [-0.1, -0.05) is 30.3 Å². The molecule has 6 nitrogen and oxygen atoms in total. The Balaban J connectivity index is 1.55. The monoisotopic (exact) mass is 374 g/mol. The van der Waals surface area contributed by atoms with Gasteiger partial charge in [0.15, 0.2) is 0 Å². The summed E-state index contributed by atoms with van der Waals surface area (Å²) in [6.45, 7) is 8.12. The number of aromatic nitrogens is 6. The zero-order valence-corrected chi connectivity index (χ0v) is 16.8. The molecular weight excluding hydrogens is 348 g/mol. The van der Waals surface area contributed by atoms with Gasteiger partial charge in [-0.15, -0.1) is 0 Å². The molecule has 0 atom stereocenters. The molecular formula is C22H26N6. The number of hydrogen-bond donors (Lipinski definition) is 3. The molecule has 0 saturated heterocycles. The normalized spacial score (nSPS) is 11.3. The van der Waals surface area contributed by atoms with Crippen molar-refractivity contribution in [3.8, 4) is 0 Å². The Labute approximate surface area is 164 Å². The minimum atomic E-state index is 0.708. The molecule has 1 aromatic carbocycles. The maximum Gasteiger partial charge on any atom is 0.111 e. The summed E-state index contributed by atoms with van der Waals surface area (Å²) < 4.78 is 0. The fourth-order valence-corrected chi connectivity index (χ4v) is 3.65. The smallest absolute Gasteiger partial charge is 0.111 e. The lowest BCUT2D eigenvalue weighted by Gasteiger charge is -2.02. The quantitative estimate of drug-likeness (QED) is 0.479. The van der Waals surface area contributed by atoms with Crippen molar-refractivity contribution in [3.63, 3.8) is 0 Å². The number of aryl methyl sites for hydroxylation is 4. The SMILES string of the molecule is Cc1nc(Cc2[nH]c(C)nc2Cc2nc(Cc3ccccc3)[nH]c2C)c(C)[nH]1. The molecule has 6 heteroatoms. The van der Waals surface area contributed by atoms with E-state index in [2.05, 4.69) is 58.0 Å². The van der Waals surface area contributed by atoms with Crippen molar-refractivity contribution in [3.05, 3.63) is 87.5 Å². The van der Waals surface area contributed by atoms with Gasteiger partial charge >= 0.3 is 0 Å². The molecule has 0 aliphatic heterocycles. The van der Waals surface area contributed by atoms with Gasteiger partial charge in [0.05, 0.1) is 17.1 Å². The van der Waals surface area contributed by atoms with Crippen LogP contribution in [0.5, 0.6) is 0 Å². The van der Waals surface area contributed by atoms with E-state index in [9.17, 15) is 0 Å². The van der Waals surface area contributed by atoms with Gasteiger partial charge in [0.1, 0.15) is 17.5 Å². The molecule has 0 radical (unpaired) electrons. The van der Waals surface area contributed by atoms with Crippen LogP contribution in [-0.4, -0.2) is 29.9 Å². The van der Waals surface area contributed by atoms with Crippen molar-refractivity contribution in [2.24, 2.45) is 0 Å². The predicted molar refractivity (Wildman–Crippen MR) is 110 cm³/mol. The Hall–Kier alpha value is -3.15. The molecule has 3 heterocycles. The molecule has 144 valence electrons. The van der Waals surface area contributed by atoms with Crippen molar-refractivity contribution < 1.29 is 0 Å². The summed E-state index contributed by atoms with van der Waals surface area (Å²) in [5.74, 6) is 2.86. The fourth-order valence-electron chi connectivity index (χ4n) is 3.65. The van der Waals surface area contributed by atoms with Gasteiger partial charge in [-0.2, -0.15) is 0 Å². The second-order valence-electron chi connectivity index (χ2n) is 7.41. The lowest BCUT2D eigenvalue weighted by atomic mass is 10.1. The minimum Gasteiger partial charge on any atom is -0.346 e. The Morgan fingerprint density at radius 2 is 1.29 bits per heavy atom. The van der Waals surface area contributed by atoms with Gasteiger partial charge < -0.3 is 15.0 Å². The van der Waals surface area contributed by atoms with E-state index >= 15 is 0 Å². The van der Waals surface area contributed by atoms with Crippen molar-refractivity contribution in [1.82, 2.24) is 29.9 Å². The van der Waals surface area contributed by atoms with Gasteiger partial charge in [0.25, 0.3) is 0 Å². The molecule has 0 aliphatic rings. The highest BCUT2D eigenvalue weighted by Crippen LogP contribution is 2.19. The zero-order valence-electron chi connectivity index (χ0n) is 16.8. The highest BCUT2D eigenvalue weighted by molar-refractivity contribution is 5.29. The summed E-state index contributed by atoms with van der Waals surface area (Å²) in [7, 11) is 0. The third-order valence-electron chi connectivity index (χ3n) is 5.01. The Morgan fingerprint density at radius 1 is 0.643 bits per heavy atom. The Bertz CT molecular complexity index is 1080. The second kappa shape index (κ2) is 7.46. The van der Waals surface area contributed by atoms with E-state index in [0.717, 1.165) is 64.5 Å². The molecule has 0 amide bonds. The summed E-state index contributed by atoms with van der Waals surface area (Å²) in [5.41, 5.74) is 7.72. The first-order chi connectivity index (χ1) is 13.5. The average molecular weight is 374 g/mol. The third-order valence-corrected chi connectivity index (χ3v) is 5.01. The maximum absolute atomic E-state index is 4.85. The van der Waals surface area contributed by atoms with Crippen LogP contribution in [0.15, 0.2) is 30.3 Å². The Kier molecular flexibility index (Phi) is 4.86. The van der Waals surface area contributed by atoms with E-state index in [4.69, 9.17) is 9.97 Å². The lowest BCUT2D eigenvalue weighted by molar-refractivity contribution is 0.953. The van der Waals surface area contributed by atoms with Gasteiger partial charge in [-0.3, -0.25) is 0 Å². The standard InChI is InChI=1S/C22H26N6/c1-13-18(25-15(3)23-13)11-20-21(27-16(4)26-20)12-19-14(2)24-22(28-19)10-17-8-6-5-7-9-17/h5-9H,10-12H2,1-4H3,(H,23,25)(H,24,28)(H,26,27). The van der Waals surface area contributed by atoms with Crippen LogP contribution < -0.4 is 0 Å². The fraction of sp³-hybridized carbons (Fsp3) is 0.318. The maximum atomic E-state index is 4.85. The third kappa shape index (κ3) is 3.91. The number of benzene rings is 1. The molecule has 4 aromatic rings. The molecule has 3 N–H and O–H groups in total. The van der Waals surface area contributed by atoms with Crippen LogP contribution in [0.25, 0.3) is 0 Å². The van der Waals surface area contributed by atoms with Crippen LogP contribution in [0.2, 0.25) is 0 Å². The highest BCUT2D eigenvalue weighted by atomic mass is 15.0. The molecule has 0 unspecified atom stereocenters. The number of imidazole rings is 3. The van der Waals surface area contributed by atoms with Crippen LogP contribution >= 0.6 is 0 Å². The molecule has 0 fully saturated rings. The zero-order chi connectivity index (χ0) is 19.7. The first kappa shape index (κ1) is 18.2. The summed E-state index contributed by atoms with van der Waals surface area (Å²) in [6, 6.07) is 10.4. The summed E-state index contributed by atoms with van der Waals surface area (Å²) in [6.07, 6.45) is 2.26. The van der Waals surface area contributed by atoms with Gasteiger partial charge in [0.2, 0.25) is 0 Å². The summed E-state index contributed by atoms with van der Waals surface area (Å²) in [4.78, 5) is 24.3.